The number of esters is 1. The molecule has 1 aliphatic rings. The lowest BCUT2D eigenvalue weighted by molar-refractivity contribution is 0.0600. The summed E-state index contributed by atoms with van der Waals surface area (Å²) in [4.78, 5) is 24.3. The van der Waals surface area contributed by atoms with E-state index in [1.807, 2.05) is 4.90 Å². The lowest BCUT2D eigenvalue weighted by atomic mass is 10.1. The van der Waals surface area contributed by atoms with Gasteiger partial charge in [0, 0.05) is 13.1 Å². The summed E-state index contributed by atoms with van der Waals surface area (Å²) in [5.74, 6) is -0.470. The monoisotopic (exact) mass is 250 g/mol. The van der Waals surface area contributed by atoms with Crippen LogP contribution in [0.4, 0.5) is 11.4 Å². The van der Waals surface area contributed by atoms with E-state index < -0.39 is 5.97 Å². The van der Waals surface area contributed by atoms with Crippen molar-refractivity contribution in [2.75, 3.05) is 38.3 Å². The number of morpholine rings is 1. The minimum absolute atomic E-state index is 0.215. The molecule has 1 aromatic rings. The van der Waals surface area contributed by atoms with Gasteiger partial charge in [0.15, 0.2) is 0 Å². The van der Waals surface area contributed by atoms with Crippen molar-refractivity contribution in [2.24, 2.45) is 5.18 Å². The Balaban J connectivity index is 2.38. The average molecular weight is 250 g/mol. The van der Waals surface area contributed by atoms with Crippen molar-refractivity contribution < 1.29 is 14.3 Å². The minimum atomic E-state index is -0.470. The Labute approximate surface area is 104 Å². The van der Waals surface area contributed by atoms with Gasteiger partial charge < -0.3 is 14.4 Å². The fraction of sp³-hybridized carbons (Fsp3) is 0.417. The maximum absolute atomic E-state index is 11.7. The fourth-order valence-electron chi connectivity index (χ4n) is 1.93. The molecule has 1 fully saturated rings. The van der Waals surface area contributed by atoms with Gasteiger partial charge in [0.2, 0.25) is 0 Å². The summed E-state index contributed by atoms with van der Waals surface area (Å²) in [5, 5.41) is 2.83. The van der Waals surface area contributed by atoms with E-state index in [9.17, 15) is 9.70 Å². The molecule has 0 bridgehead atoms. The van der Waals surface area contributed by atoms with Crippen LogP contribution >= 0.6 is 0 Å². The quantitative estimate of drug-likeness (QED) is 0.603. The number of anilines is 1. The van der Waals surface area contributed by atoms with E-state index in [4.69, 9.17) is 9.47 Å². The highest BCUT2D eigenvalue weighted by atomic mass is 16.5. The lowest BCUT2D eigenvalue weighted by Gasteiger charge is -2.30. The van der Waals surface area contributed by atoms with E-state index in [-0.39, 0.29) is 5.69 Å². The Morgan fingerprint density at radius 2 is 2.11 bits per heavy atom. The maximum Gasteiger partial charge on any atom is 0.340 e. The van der Waals surface area contributed by atoms with Crippen LogP contribution in [0.2, 0.25) is 0 Å². The van der Waals surface area contributed by atoms with E-state index in [1.165, 1.54) is 13.2 Å². The topological polar surface area (TPSA) is 68.2 Å². The average Bonchev–Trinajstić information content (AvgIpc) is 2.46. The van der Waals surface area contributed by atoms with Crippen molar-refractivity contribution in [1.82, 2.24) is 0 Å². The zero-order valence-electron chi connectivity index (χ0n) is 10.1. The number of benzene rings is 1. The first-order valence-electron chi connectivity index (χ1n) is 5.64. The summed E-state index contributed by atoms with van der Waals surface area (Å²) in [6.07, 6.45) is 0. The molecular formula is C12H14N2O4. The highest BCUT2D eigenvalue weighted by Gasteiger charge is 2.19. The fourth-order valence-corrected chi connectivity index (χ4v) is 1.93. The molecule has 96 valence electrons. The van der Waals surface area contributed by atoms with Crippen LogP contribution in [0.1, 0.15) is 10.4 Å². The number of methoxy groups -OCH3 is 1. The number of carbonyl (C=O) groups excluding carboxylic acids is 1. The normalized spacial score (nSPS) is 15.3. The molecule has 0 N–H and O–H groups in total. The molecule has 0 aromatic heterocycles. The van der Waals surface area contributed by atoms with Crippen molar-refractivity contribution in [3.63, 3.8) is 0 Å². The number of nitroso groups, excluding NO2 is 1. The van der Waals surface area contributed by atoms with E-state index >= 15 is 0 Å². The molecule has 0 atom stereocenters. The van der Waals surface area contributed by atoms with E-state index in [1.54, 1.807) is 12.1 Å². The predicted octanol–water partition coefficient (Wildman–Crippen LogP) is 1.71. The molecule has 1 aromatic carbocycles. The molecule has 0 amide bonds. The van der Waals surface area contributed by atoms with Crippen LogP contribution in [0.15, 0.2) is 23.4 Å². The molecule has 1 aliphatic heterocycles. The van der Waals surface area contributed by atoms with Crippen LogP contribution in [0, 0.1) is 4.91 Å². The molecule has 1 heterocycles. The van der Waals surface area contributed by atoms with Crippen molar-refractivity contribution in [2.45, 2.75) is 0 Å². The van der Waals surface area contributed by atoms with Gasteiger partial charge in [-0.3, -0.25) is 0 Å². The summed E-state index contributed by atoms with van der Waals surface area (Å²) in [5.41, 5.74) is 1.32. The highest BCUT2D eigenvalue weighted by Crippen LogP contribution is 2.27. The third kappa shape index (κ3) is 2.48. The second kappa shape index (κ2) is 5.59. The molecule has 6 nitrogen and oxygen atoms in total. The van der Waals surface area contributed by atoms with Gasteiger partial charge in [0.1, 0.15) is 5.69 Å². The van der Waals surface area contributed by atoms with Crippen LogP contribution in [-0.4, -0.2) is 39.4 Å². The van der Waals surface area contributed by atoms with Gasteiger partial charge in [0.25, 0.3) is 0 Å². The number of nitrogens with zero attached hydrogens (tertiary/aromatic N) is 2. The molecule has 18 heavy (non-hydrogen) atoms. The summed E-state index contributed by atoms with van der Waals surface area (Å²) < 4.78 is 9.99. The second-order valence-corrected chi connectivity index (χ2v) is 3.88. The summed E-state index contributed by atoms with van der Waals surface area (Å²) in [6, 6.07) is 4.75. The number of hydrogen-bond donors (Lipinski definition) is 0. The third-order valence-corrected chi connectivity index (χ3v) is 2.84. The van der Waals surface area contributed by atoms with Gasteiger partial charge in [-0.25, -0.2) is 4.79 Å². The van der Waals surface area contributed by atoms with Gasteiger partial charge in [0.05, 0.1) is 31.6 Å². The van der Waals surface area contributed by atoms with Crippen LogP contribution in [-0.2, 0) is 9.47 Å². The Morgan fingerprint density at radius 1 is 1.39 bits per heavy atom. The van der Waals surface area contributed by atoms with Crippen molar-refractivity contribution in [1.29, 1.82) is 0 Å². The molecular weight excluding hydrogens is 236 g/mol. The summed E-state index contributed by atoms with van der Waals surface area (Å²) in [7, 11) is 1.31. The van der Waals surface area contributed by atoms with Crippen LogP contribution < -0.4 is 4.90 Å². The Hall–Kier alpha value is -1.95. The van der Waals surface area contributed by atoms with E-state index in [2.05, 4.69) is 5.18 Å². The van der Waals surface area contributed by atoms with Crippen molar-refractivity contribution in [3.05, 3.63) is 28.7 Å². The highest BCUT2D eigenvalue weighted by molar-refractivity contribution is 5.96. The second-order valence-electron chi connectivity index (χ2n) is 3.88. The molecule has 2 rings (SSSR count). The largest absolute Gasteiger partial charge is 0.465 e. The maximum atomic E-state index is 11.7. The van der Waals surface area contributed by atoms with Gasteiger partial charge >= 0.3 is 5.97 Å². The standard InChI is InChI=1S/C12H14N2O4/c1-17-12(15)10-8-9(13-16)2-3-11(10)14-4-6-18-7-5-14/h2-3,8H,4-7H2,1H3. The summed E-state index contributed by atoms with van der Waals surface area (Å²) in [6.45, 7) is 2.65. The van der Waals surface area contributed by atoms with Crippen molar-refractivity contribution in [3.8, 4) is 0 Å². The Kier molecular flexibility index (Phi) is 3.88. The zero-order valence-corrected chi connectivity index (χ0v) is 10.1. The van der Waals surface area contributed by atoms with Gasteiger partial charge in [-0.15, -0.1) is 4.91 Å². The zero-order chi connectivity index (χ0) is 13.0. The van der Waals surface area contributed by atoms with Gasteiger partial charge in [-0.1, -0.05) is 0 Å². The molecule has 1 saturated heterocycles. The molecule has 0 unspecified atom stereocenters. The minimum Gasteiger partial charge on any atom is -0.465 e. The predicted molar refractivity (Wildman–Crippen MR) is 66.3 cm³/mol. The first kappa shape index (κ1) is 12.5. The number of ether oxygens (including phenoxy) is 2. The van der Waals surface area contributed by atoms with Crippen molar-refractivity contribution >= 4 is 17.3 Å². The molecule has 0 aliphatic carbocycles. The number of hydrogen-bond acceptors (Lipinski definition) is 6. The lowest BCUT2D eigenvalue weighted by Crippen LogP contribution is -2.37. The Morgan fingerprint density at radius 3 is 2.72 bits per heavy atom. The third-order valence-electron chi connectivity index (χ3n) is 2.84. The number of carbonyl (C=O) groups is 1. The van der Waals surface area contributed by atoms with Crippen LogP contribution in [0.25, 0.3) is 0 Å². The van der Waals surface area contributed by atoms with Gasteiger partial charge in [-0.05, 0) is 23.4 Å². The number of rotatable bonds is 3. The van der Waals surface area contributed by atoms with Crippen LogP contribution in [0.5, 0.6) is 0 Å². The molecule has 0 radical (unpaired) electrons. The van der Waals surface area contributed by atoms with E-state index in [0.29, 0.717) is 31.9 Å². The summed E-state index contributed by atoms with van der Waals surface area (Å²) >= 11 is 0. The molecule has 6 heteroatoms. The van der Waals surface area contributed by atoms with E-state index in [0.717, 1.165) is 5.69 Å². The van der Waals surface area contributed by atoms with Gasteiger partial charge in [-0.2, -0.15) is 0 Å². The molecule has 0 spiro atoms. The molecule has 0 saturated carbocycles. The smallest absolute Gasteiger partial charge is 0.340 e. The first-order valence-corrected chi connectivity index (χ1v) is 5.64. The van der Waals surface area contributed by atoms with Crippen LogP contribution in [0.3, 0.4) is 0 Å². The SMILES string of the molecule is COC(=O)c1cc(N=O)ccc1N1CCOCC1. The Bertz CT molecular complexity index is 455. The first-order chi connectivity index (χ1) is 8.76.